The van der Waals surface area contributed by atoms with Gasteiger partial charge in [-0.1, -0.05) is 18.2 Å². The van der Waals surface area contributed by atoms with Crippen LogP contribution < -0.4 is 0 Å². The molecule has 6 heteroatoms. The van der Waals surface area contributed by atoms with Crippen LogP contribution in [0.5, 0.6) is 0 Å². The van der Waals surface area contributed by atoms with Gasteiger partial charge in [0, 0.05) is 25.1 Å². The largest absolute Gasteiger partial charge is 0.340 e. The molecule has 6 nitrogen and oxygen atoms in total. The van der Waals surface area contributed by atoms with Crippen molar-refractivity contribution in [1.29, 1.82) is 0 Å². The average Bonchev–Trinajstić information content (AvgIpc) is 3.20. The molecule has 0 radical (unpaired) electrons. The van der Waals surface area contributed by atoms with Crippen LogP contribution in [0, 0.1) is 0 Å². The molecule has 0 saturated carbocycles. The summed E-state index contributed by atoms with van der Waals surface area (Å²) in [5, 5.41) is 8.81. The summed E-state index contributed by atoms with van der Waals surface area (Å²) in [5.41, 5.74) is 4.05. The van der Waals surface area contributed by atoms with E-state index in [4.69, 9.17) is 0 Å². The number of fused-ring (bicyclic) bond motifs is 5. The molecule has 110 valence electrons. The summed E-state index contributed by atoms with van der Waals surface area (Å²) in [6.45, 7) is 0.807. The van der Waals surface area contributed by atoms with Gasteiger partial charge in [-0.2, -0.15) is 0 Å². The fourth-order valence-electron chi connectivity index (χ4n) is 3.06. The minimum absolute atomic E-state index is 0.704. The van der Waals surface area contributed by atoms with E-state index in [-0.39, 0.29) is 0 Å². The van der Waals surface area contributed by atoms with Crippen molar-refractivity contribution in [2.24, 2.45) is 0 Å². The Hall–Kier alpha value is -3.28. The molecule has 0 saturated heterocycles. The molecule has 4 heterocycles. The van der Waals surface area contributed by atoms with Crippen molar-refractivity contribution < 1.29 is 0 Å². The Morgan fingerprint density at radius 1 is 0.913 bits per heavy atom. The van der Waals surface area contributed by atoms with Crippen LogP contribution in [0.1, 0.15) is 5.56 Å². The third-order valence-corrected chi connectivity index (χ3v) is 4.09. The van der Waals surface area contributed by atoms with Crippen LogP contribution in [-0.4, -0.2) is 29.3 Å². The van der Waals surface area contributed by atoms with Gasteiger partial charge in [0.15, 0.2) is 11.6 Å². The fourth-order valence-corrected chi connectivity index (χ4v) is 3.06. The van der Waals surface area contributed by atoms with Crippen LogP contribution in [0.25, 0.3) is 28.7 Å². The molecule has 23 heavy (non-hydrogen) atoms. The zero-order chi connectivity index (χ0) is 15.2. The van der Waals surface area contributed by atoms with Crippen LogP contribution in [0.15, 0.2) is 61.2 Å². The Balaban J connectivity index is 1.87. The zero-order valence-electron chi connectivity index (χ0n) is 12.2. The normalized spacial score (nSPS) is 12.2. The smallest absolute Gasteiger partial charge is 0.189 e. The second kappa shape index (κ2) is 4.61. The molecule has 0 atom stereocenters. The quantitative estimate of drug-likeness (QED) is 0.477. The standard InChI is InChI=1S/C17H12N6/c1-2-5-14-12(4-1)11-22-9-3-6-15(22)17-21-20-16(23(14)17)13-10-18-7-8-19-13/h1-10H,11H2. The van der Waals surface area contributed by atoms with Gasteiger partial charge in [0.2, 0.25) is 0 Å². The lowest BCUT2D eigenvalue weighted by atomic mass is 10.1. The van der Waals surface area contributed by atoms with Crippen molar-refractivity contribution in [3.63, 3.8) is 0 Å². The summed E-state index contributed by atoms with van der Waals surface area (Å²) >= 11 is 0. The van der Waals surface area contributed by atoms with E-state index in [1.54, 1.807) is 18.6 Å². The maximum absolute atomic E-state index is 4.43. The fraction of sp³-hybridized carbons (Fsp3) is 0.0588. The maximum atomic E-state index is 4.43. The molecule has 0 bridgehead atoms. The summed E-state index contributed by atoms with van der Waals surface area (Å²) in [4.78, 5) is 8.54. The van der Waals surface area contributed by atoms with E-state index in [1.165, 1.54) is 5.56 Å². The highest BCUT2D eigenvalue weighted by Gasteiger charge is 2.24. The third kappa shape index (κ3) is 1.75. The van der Waals surface area contributed by atoms with Gasteiger partial charge < -0.3 is 4.57 Å². The highest BCUT2D eigenvalue weighted by Crippen LogP contribution is 2.32. The van der Waals surface area contributed by atoms with E-state index in [0.29, 0.717) is 11.5 Å². The first-order valence-electron chi connectivity index (χ1n) is 7.37. The molecular weight excluding hydrogens is 288 g/mol. The number of aromatic nitrogens is 6. The molecule has 1 aromatic carbocycles. The minimum atomic E-state index is 0.704. The first-order valence-corrected chi connectivity index (χ1v) is 7.37. The van der Waals surface area contributed by atoms with Crippen LogP contribution in [0.4, 0.5) is 0 Å². The molecule has 0 unspecified atom stereocenters. The maximum Gasteiger partial charge on any atom is 0.189 e. The van der Waals surface area contributed by atoms with Gasteiger partial charge in [-0.15, -0.1) is 10.2 Å². The lowest BCUT2D eigenvalue weighted by Gasteiger charge is -2.10. The van der Waals surface area contributed by atoms with Crippen LogP contribution >= 0.6 is 0 Å². The van der Waals surface area contributed by atoms with Gasteiger partial charge in [0.05, 0.1) is 17.6 Å². The Bertz CT molecular complexity index is 999. The van der Waals surface area contributed by atoms with E-state index in [2.05, 4.69) is 59.8 Å². The first kappa shape index (κ1) is 12.3. The van der Waals surface area contributed by atoms with E-state index in [1.807, 2.05) is 12.1 Å². The number of para-hydroxylation sites is 1. The Kier molecular flexibility index (Phi) is 2.46. The third-order valence-electron chi connectivity index (χ3n) is 4.09. The van der Waals surface area contributed by atoms with Gasteiger partial charge in [0.25, 0.3) is 0 Å². The van der Waals surface area contributed by atoms with E-state index >= 15 is 0 Å². The molecule has 0 spiro atoms. The SMILES string of the molecule is c1ccc2c(c1)Cn1cccc1-c1nnc(-c3cnccn3)n1-2. The second-order valence-corrected chi connectivity index (χ2v) is 5.42. The van der Waals surface area contributed by atoms with Gasteiger partial charge in [-0.05, 0) is 23.8 Å². The first-order chi connectivity index (χ1) is 11.4. The summed E-state index contributed by atoms with van der Waals surface area (Å²) in [6, 6.07) is 12.4. The number of nitrogens with zero attached hydrogens (tertiary/aromatic N) is 6. The molecule has 0 fully saturated rings. The average molecular weight is 300 g/mol. The zero-order valence-corrected chi connectivity index (χ0v) is 12.2. The van der Waals surface area contributed by atoms with Gasteiger partial charge >= 0.3 is 0 Å². The second-order valence-electron chi connectivity index (χ2n) is 5.42. The lowest BCUT2D eigenvalue weighted by Crippen LogP contribution is -2.02. The summed E-state index contributed by atoms with van der Waals surface area (Å²) in [5.74, 6) is 1.52. The summed E-state index contributed by atoms with van der Waals surface area (Å²) in [7, 11) is 0. The van der Waals surface area contributed by atoms with Gasteiger partial charge in [-0.25, -0.2) is 4.98 Å². The van der Waals surface area contributed by atoms with Crippen molar-refractivity contribution in [3.8, 4) is 28.7 Å². The molecule has 1 aliphatic rings. The van der Waals surface area contributed by atoms with E-state index in [9.17, 15) is 0 Å². The van der Waals surface area contributed by atoms with Crippen molar-refractivity contribution >= 4 is 0 Å². The van der Waals surface area contributed by atoms with Crippen molar-refractivity contribution in [3.05, 3.63) is 66.7 Å². The molecule has 1 aliphatic heterocycles. The van der Waals surface area contributed by atoms with Crippen LogP contribution in [-0.2, 0) is 6.54 Å². The van der Waals surface area contributed by atoms with Crippen molar-refractivity contribution in [1.82, 2.24) is 29.3 Å². The predicted molar refractivity (Wildman–Crippen MR) is 84.9 cm³/mol. The van der Waals surface area contributed by atoms with Crippen LogP contribution in [0.2, 0.25) is 0 Å². The van der Waals surface area contributed by atoms with Gasteiger partial charge in [-0.3, -0.25) is 9.55 Å². The minimum Gasteiger partial charge on any atom is -0.340 e. The molecule has 4 aromatic rings. The molecule has 3 aromatic heterocycles. The number of rotatable bonds is 1. The van der Waals surface area contributed by atoms with Crippen LogP contribution in [0.3, 0.4) is 0 Å². The molecular formula is C17H12N6. The number of hydrogen-bond acceptors (Lipinski definition) is 4. The molecule has 5 rings (SSSR count). The van der Waals surface area contributed by atoms with Crippen molar-refractivity contribution in [2.45, 2.75) is 6.54 Å². The Labute approximate surface area is 132 Å². The monoisotopic (exact) mass is 300 g/mol. The topological polar surface area (TPSA) is 61.4 Å². The number of benzene rings is 1. The van der Waals surface area contributed by atoms with E-state index < -0.39 is 0 Å². The Morgan fingerprint density at radius 3 is 2.74 bits per heavy atom. The summed E-state index contributed by atoms with van der Waals surface area (Å²) in [6.07, 6.45) is 7.10. The molecule has 0 aliphatic carbocycles. The van der Waals surface area contributed by atoms with Crippen molar-refractivity contribution in [2.75, 3.05) is 0 Å². The Morgan fingerprint density at radius 2 is 1.83 bits per heavy atom. The highest BCUT2D eigenvalue weighted by atomic mass is 15.3. The van der Waals surface area contributed by atoms with E-state index in [0.717, 1.165) is 23.8 Å². The number of hydrogen-bond donors (Lipinski definition) is 0. The molecule has 0 N–H and O–H groups in total. The predicted octanol–water partition coefficient (Wildman–Crippen LogP) is 2.55. The van der Waals surface area contributed by atoms with Gasteiger partial charge in [0.1, 0.15) is 5.69 Å². The summed E-state index contributed by atoms with van der Waals surface area (Å²) < 4.78 is 4.25. The molecule has 0 amide bonds. The lowest BCUT2D eigenvalue weighted by molar-refractivity contribution is 0.816. The highest BCUT2D eigenvalue weighted by molar-refractivity contribution is 5.65.